The summed E-state index contributed by atoms with van der Waals surface area (Å²) in [6.07, 6.45) is 1.000. The van der Waals surface area contributed by atoms with Gasteiger partial charge in [-0.2, -0.15) is 0 Å². The van der Waals surface area contributed by atoms with E-state index in [0.717, 1.165) is 19.5 Å². The minimum Gasteiger partial charge on any atom is -0.326 e. The fraction of sp³-hybridized carbons (Fsp3) is 0.600. The molecule has 1 aromatic rings. The minimum atomic E-state index is -0.0664. The third-order valence-electron chi connectivity index (χ3n) is 1.87. The SMILES string of the molecule is CC(C)(N)CCNCc1ccc(Br)s1. The lowest BCUT2D eigenvalue weighted by atomic mass is 10.0. The van der Waals surface area contributed by atoms with Crippen LogP contribution in [0.1, 0.15) is 25.1 Å². The van der Waals surface area contributed by atoms with Crippen molar-refractivity contribution in [2.45, 2.75) is 32.4 Å². The van der Waals surface area contributed by atoms with E-state index in [9.17, 15) is 0 Å². The summed E-state index contributed by atoms with van der Waals surface area (Å²) in [6.45, 7) is 6.01. The molecule has 0 unspecified atom stereocenters. The van der Waals surface area contributed by atoms with Crippen molar-refractivity contribution in [3.63, 3.8) is 0 Å². The van der Waals surface area contributed by atoms with Gasteiger partial charge in [0, 0.05) is 17.0 Å². The second kappa shape index (κ2) is 5.26. The van der Waals surface area contributed by atoms with Crippen LogP contribution >= 0.6 is 27.3 Å². The smallest absolute Gasteiger partial charge is 0.0701 e. The van der Waals surface area contributed by atoms with Crippen LogP contribution in [0.2, 0.25) is 0 Å². The number of rotatable bonds is 5. The number of thiophene rings is 1. The van der Waals surface area contributed by atoms with Gasteiger partial charge in [0.2, 0.25) is 0 Å². The van der Waals surface area contributed by atoms with Gasteiger partial charge in [-0.1, -0.05) is 0 Å². The Morgan fingerprint density at radius 1 is 1.50 bits per heavy atom. The molecule has 0 bridgehead atoms. The van der Waals surface area contributed by atoms with Crippen LogP contribution in [0.3, 0.4) is 0 Å². The van der Waals surface area contributed by atoms with Crippen LogP contribution in [0, 0.1) is 0 Å². The van der Waals surface area contributed by atoms with Crippen LogP contribution in [0.25, 0.3) is 0 Å². The van der Waals surface area contributed by atoms with Gasteiger partial charge in [-0.3, -0.25) is 0 Å². The fourth-order valence-electron chi connectivity index (χ4n) is 1.07. The molecule has 2 nitrogen and oxygen atoms in total. The van der Waals surface area contributed by atoms with Gasteiger partial charge < -0.3 is 11.1 Å². The Kier molecular flexibility index (Phi) is 4.57. The molecule has 80 valence electrons. The van der Waals surface area contributed by atoms with E-state index in [1.165, 1.54) is 8.66 Å². The third-order valence-corrected chi connectivity index (χ3v) is 3.50. The summed E-state index contributed by atoms with van der Waals surface area (Å²) in [4.78, 5) is 1.35. The van der Waals surface area contributed by atoms with E-state index in [4.69, 9.17) is 5.73 Å². The highest BCUT2D eigenvalue weighted by atomic mass is 79.9. The van der Waals surface area contributed by atoms with Gasteiger partial charge in [0.1, 0.15) is 0 Å². The lowest BCUT2D eigenvalue weighted by Crippen LogP contribution is -2.35. The molecule has 0 amide bonds. The summed E-state index contributed by atoms with van der Waals surface area (Å²) >= 11 is 5.21. The van der Waals surface area contributed by atoms with Gasteiger partial charge in [0.25, 0.3) is 0 Å². The van der Waals surface area contributed by atoms with Gasteiger partial charge in [0.15, 0.2) is 0 Å². The average molecular weight is 277 g/mol. The van der Waals surface area contributed by atoms with Crippen LogP contribution in [0.15, 0.2) is 15.9 Å². The topological polar surface area (TPSA) is 38.0 Å². The lowest BCUT2D eigenvalue weighted by Gasteiger charge is -2.18. The summed E-state index contributed by atoms with van der Waals surface area (Å²) in [6, 6.07) is 4.21. The zero-order chi connectivity index (χ0) is 10.6. The quantitative estimate of drug-likeness (QED) is 0.812. The molecule has 1 aromatic heterocycles. The fourth-order valence-corrected chi connectivity index (χ4v) is 2.52. The zero-order valence-electron chi connectivity index (χ0n) is 8.64. The van der Waals surface area contributed by atoms with Gasteiger partial charge in [0.05, 0.1) is 3.79 Å². The monoisotopic (exact) mass is 276 g/mol. The maximum absolute atomic E-state index is 5.87. The predicted octanol–water partition coefficient (Wildman–Crippen LogP) is 2.73. The lowest BCUT2D eigenvalue weighted by molar-refractivity contribution is 0.455. The summed E-state index contributed by atoms with van der Waals surface area (Å²) in [7, 11) is 0. The van der Waals surface area contributed by atoms with E-state index in [-0.39, 0.29) is 5.54 Å². The molecule has 3 N–H and O–H groups in total. The maximum atomic E-state index is 5.87. The molecule has 0 saturated heterocycles. The van der Waals surface area contributed by atoms with Crippen molar-refractivity contribution < 1.29 is 0 Å². The Bertz CT molecular complexity index is 278. The van der Waals surface area contributed by atoms with Crippen molar-refractivity contribution in [1.29, 1.82) is 0 Å². The van der Waals surface area contributed by atoms with E-state index in [1.54, 1.807) is 11.3 Å². The normalized spacial score (nSPS) is 12.0. The molecule has 0 fully saturated rings. The summed E-state index contributed by atoms with van der Waals surface area (Å²) in [5.74, 6) is 0. The second-order valence-corrected chi connectivity index (χ2v) is 6.67. The first-order valence-corrected chi connectivity index (χ1v) is 6.32. The van der Waals surface area contributed by atoms with Crippen molar-refractivity contribution in [1.82, 2.24) is 5.32 Å². The van der Waals surface area contributed by atoms with Crippen molar-refractivity contribution in [3.05, 3.63) is 20.8 Å². The van der Waals surface area contributed by atoms with Crippen LogP contribution in [0.4, 0.5) is 0 Å². The van der Waals surface area contributed by atoms with Gasteiger partial charge in [-0.15, -0.1) is 11.3 Å². The average Bonchev–Trinajstić information content (AvgIpc) is 2.44. The van der Waals surface area contributed by atoms with Crippen molar-refractivity contribution in [3.8, 4) is 0 Å². The molecule has 0 aliphatic rings. The van der Waals surface area contributed by atoms with Gasteiger partial charge in [-0.25, -0.2) is 0 Å². The van der Waals surface area contributed by atoms with Crippen LogP contribution in [-0.2, 0) is 6.54 Å². The molecule has 0 spiro atoms. The molecule has 0 aromatic carbocycles. The highest BCUT2D eigenvalue weighted by Crippen LogP contribution is 2.21. The minimum absolute atomic E-state index is 0.0664. The first kappa shape index (κ1) is 12.2. The number of nitrogens with two attached hydrogens (primary N) is 1. The van der Waals surface area contributed by atoms with E-state index < -0.39 is 0 Å². The first-order chi connectivity index (χ1) is 6.47. The molecule has 14 heavy (non-hydrogen) atoms. The van der Waals surface area contributed by atoms with Crippen molar-refractivity contribution >= 4 is 27.3 Å². The molecule has 0 saturated carbocycles. The Balaban J connectivity index is 2.16. The standard InChI is InChI=1S/C10H17BrN2S/c1-10(2,12)5-6-13-7-8-3-4-9(11)14-8/h3-4,13H,5-7,12H2,1-2H3. The third kappa shape index (κ3) is 5.10. The number of hydrogen-bond donors (Lipinski definition) is 2. The molecule has 0 aliphatic carbocycles. The molecule has 0 atom stereocenters. The van der Waals surface area contributed by atoms with E-state index >= 15 is 0 Å². The van der Waals surface area contributed by atoms with Crippen LogP contribution in [-0.4, -0.2) is 12.1 Å². The number of nitrogens with one attached hydrogen (secondary N) is 1. The Labute approximate surface area is 98.0 Å². The van der Waals surface area contributed by atoms with Crippen molar-refractivity contribution in [2.24, 2.45) is 5.73 Å². The molecule has 1 rings (SSSR count). The molecule has 4 heteroatoms. The van der Waals surface area contributed by atoms with Crippen LogP contribution in [0.5, 0.6) is 0 Å². The summed E-state index contributed by atoms with van der Waals surface area (Å²) < 4.78 is 1.19. The number of halogens is 1. The Morgan fingerprint density at radius 3 is 2.71 bits per heavy atom. The molecular formula is C10H17BrN2S. The van der Waals surface area contributed by atoms with Gasteiger partial charge in [-0.05, 0) is 54.9 Å². The van der Waals surface area contributed by atoms with E-state index in [2.05, 4.69) is 47.2 Å². The van der Waals surface area contributed by atoms with E-state index in [1.807, 2.05) is 0 Å². The zero-order valence-corrected chi connectivity index (χ0v) is 11.0. The maximum Gasteiger partial charge on any atom is 0.0701 e. The molecule has 1 heterocycles. The summed E-state index contributed by atoms with van der Waals surface area (Å²) in [5.41, 5.74) is 5.81. The Morgan fingerprint density at radius 2 is 2.21 bits per heavy atom. The molecule has 0 radical (unpaired) electrons. The highest BCUT2D eigenvalue weighted by Gasteiger charge is 2.09. The first-order valence-electron chi connectivity index (χ1n) is 4.71. The second-order valence-electron chi connectivity index (χ2n) is 4.12. The predicted molar refractivity (Wildman–Crippen MR) is 66.6 cm³/mol. The van der Waals surface area contributed by atoms with Crippen molar-refractivity contribution in [2.75, 3.05) is 6.54 Å². The number of hydrogen-bond acceptors (Lipinski definition) is 3. The molecule has 0 aliphatic heterocycles. The van der Waals surface area contributed by atoms with Gasteiger partial charge >= 0.3 is 0 Å². The van der Waals surface area contributed by atoms with E-state index in [0.29, 0.717) is 0 Å². The largest absolute Gasteiger partial charge is 0.326 e. The Hall–Kier alpha value is 0.1000. The highest BCUT2D eigenvalue weighted by molar-refractivity contribution is 9.11. The van der Waals surface area contributed by atoms with Crippen LogP contribution < -0.4 is 11.1 Å². The summed E-state index contributed by atoms with van der Waals surface area (Å²) in [5, 5.41) is 3.38. The molecular weight excluding hydrogens is 260 g/mol.